The van der Waals surface area contributed by atoms with Gasteiger partial charge in [-0.3, -0.25) is 4.79 Å². The second-order valence-electron chi connectivity index (χ2n) is 6.56. The third-order valence-corrected chi connectivity index (χ3v) is 5.56. The second-order valence-corrected chi connectivity index (χ2v) is 7.51. The number of benzene rings is 1. The molecule has 1 fully saturated rings. The number of hydrogen-bond donors (Lipinski definition) is 2. The van der Waals surface area contributed by atoms with Crippen LogP contribution >= 0.6 is 23.7 Å². The minimum absolute atomic E-state index is 0. The lowest BCUT2D eigenvalue weighted by atomic mass is 10.00. The van der Waals surface area contributed by atoms with Crippen LogP contribution in [0.2, 0.25) is 0 Å². The Labute approximate surface area is 169 Å². The van der Waals surface area contributed by atoms with Gasteiger partial charge in [0.15, 0.2) is 5.69 Å². The molecule has 0 saturated carbocycles. The predicted octanol–water partition coefficient (Wildman–Crippen LogP) is 3.75. The Balaban J connectivity index is 0.00000210. The van der Waals surface area contributed by atoms with Crippen LogP contribution in [0.1, 0.15) is 23.3 Å². The quantitative estimate of drug-likeness (QED) is 0.683. The molecule has 1 saturated heterocycles. The van der Waals surface area contributed by atoms with Gasteiger partial charge in [-0.1, -0.05) is 24.3 Å². The number of halogens is 1. The molecular formula is C20H23ClN4OS. The first kappa shape index (κ1) is 19.6. The Hall–Kier alpha value is -2.15. The molecule has 1 atom stereocenters. The molecule has 3 heterocycles. The highest BCUT2D eigenvalue weighted by Crippen LogP contribution is 2.28. The number of para-hydroxylation sites is 1. The van der Waals surface area contributed by atoms with Crippen LogP contribution in [0.3, 0.4) is 0 Å². The maximum Gasteiger partial charge on any atom is 0.271 e. The molecular weight excluding hydrogens is 380 g/mol. The summed E-state index contributed by atoms with van der Waals surface area (Å²) in [5, 5.41) is 13.1. The van der Waals surface area contributed by atoms with E-state index in [1.165, 1.54) is 6.42 Å². The standard InChI is InChI=1S/C20H22N4OS.ClH/c25-20(22-14-15-6-4-10-21-13-15)17-12-18(19-9-5-11-26-19)24(23-17)16-7-2-1-3-8-16;/h1-3,5,7-9,11-12,15,21H,4,6,10,13-14H2,(H,22,25);1H. The number of amides is 1. The highest BCUT2D eigenvalue weighted by atomic mass is 35.5. The summed E-state index contributed by atoms with van der Waals surface area (Å²) in [6.45, 7) is 2.74. The van der Waals surface area contributed by atoms with E-state index in [0.717, 1.165) is 35.8 Å². The van der Waals surface area contributed by atoms with Gasteiger partial charge < -0.3 is 10.6 Å². The van der Waals surface area contributed by atoms with Crippen molar-refractivity contribution in [1.82, 2.24) is 20.4 Å². The summed E-state index contributed by atoms with van der Waals surface area (Å²) >= 11 is 1.65. The molecule has 3 aromatic rings. The molecule has 1 amide bonds. The number of nitrogens with one attached hydrogen (secondary N) is 2. The number of nitrogens with zero attached hydrogens (tertiary/aromatic N) is 2. The van der Waals surface area contributed by atoms with Gasteiger partial charge in [-0.25, -0.2) is 4.68 Å². The van der Waals surface area contributed by atoms with Crippen molar-refractivity contribution < 1.29 is 4.79 Å². The first-order valence-corrected chi connectivity index (χ1v) is 9.87. The molecule has 1 aliphatic heterocycles. The molecule has 142 valence electrons. The molecule has 2 N–H and O–H groups in total. The number of piperidine rings is 1. The zero-order chi connectivity index (χ0) is 17.8. The summed E-state index contributed by atoms with van der Waals surface area (Å²) in [7, 11) is 0. The summed E-state index contributed by atoms with van der Waals surface area (Å²) in [5.41, 5.74) is 2.35. The number of aromatic nitrogens is 2. The maximum atomic E-state index is 12.6. The van der Waals surface area contributed by atoms with E-state index < -0.39 is 0 Å². The monoisotopic (exact) mass is 402 g/mol. The van der Waals surface area contributed by atoms with Crippen LogP contribution in [0.5, 0.6) is 0 Å². The van der Waals surface area contributed by atoms with Crippen LogP contribution in [0.15, 0.2) is 53.9 Å². The maximum absolute atomic E-state index is 12.6. The Bertz CT molecular complexity index is 858. The summed E-state index contributed by atoms with van der Waals surface area (Å²) in [6.07, 6.45) is 2.33. The fraction of sp³-hybridized carbons (Fsp3) is 0.300. The van der Waals surface area contributed by atoms with E-state index >= 15 is 0 Å². The van der Waals surface area contributed by atoms with Gasteiger partial charge in [0.1, 0.15) is 0 Å². The summed E-state index contributed by atoms with van der Waals surface area (Å²) in [6, 6.07) is 15.9. The predicted molar refractivity (Wildman–Crippen MR) is 112 cm³/mol. The lowest BCUT2D eigenvalue weighted by Gasteiger charge is -2.22. The first-order valence-electron chi connectivity index (χ1n) is 8.99. The smallest absolute Gasteiger partial charge is 0.271 e. The van der Waals surface area contributed by atoms with Gasteiger partial charge in [0, 0.05) is 6.54 Å². The number of carbonyl (C=O) groups excluding carboxylic acids is 1. The van der Waals surface area contributed by atoms with Gasteiger partial charge >= 0.3 is 0 Å². The average molecular weight is 403 g/mol. The first-order chi connectivity index (χ1) is 12.8. The van der Waals surface area contributed by atoms with Gasteiger partial charge in [-0.15, -0.1) is 23.7 Å². The van der Waals surface area contributed by atoms with Crippen LogP contribution in [0, 0.1) is 5.92 Å². The normalized spacial score (nSPS) is 16.5. The largest absolute Gasteiger partial charge is 0.350 e. The van der Waals surface area contributed by atoms with Crippen molar-refractivity contribution in [2.75, 3.05) is 19.6 Å². The van der Waals surface area contributed by atoms with Crippen LogP contribution in [-0.4, -0.2) is 35.3 Å². The summed E-state index contributed by atoms with van der Waals surface area (Å²) in [4.78, 5) is 13.7. The Kier molecular flexibility index (Phi) is 6.66. The second kappa shape index (κ2) is 9.17. The van der Waals surface area contributed by atoms with Crippen LogP contribution in [-0.2, 0) is 0 Å². The molecule has 1 aromatic carbocycles. The molecule has 4 rings (SSSR count). The van der Waals surface area contributed by atoms with Crippen molar-refractivity contribution >= 4 is 29.7 Å². The fourth-order valence-corrected chi connectivity index (χ4v) is 4.01. The topological polar surface area (TPSA) is 59.0 Å². The molecule has 7 heteroatoms. The van der Waals surface area contributed by atoms with Gasteiger partial charge in [0.2, 0.25) is 0 Å². The zero-order valence-corrected chi connectivity index (χ0v) is 16.6. The zero-order valence-electron chi connectivity index (χ0n) is 14.9. The molecule has 0 aliphatic carbocycles. The summed E-state index contributed by atoms with van der Waals surface area (Å²) < 4.78 is 1.85. The molecule has 2 aromatic heterocycles. The molecule has 1 aliphatic rings. The van der Waals surface area contributed by atoms with Crippen molar-refractivity contribution in [3.05, 3.63) is 59.6 Å². The highest BCUT2D eigenvalue weighted by Gasteiger charge is 2.19. The molecule has 5 nitrogen and oxygen atoms in total. The summed E-state index contributed by atoms with van der Waals surface area (Å²) in [5.74, 6) is 0.392. The van der Waals surface area contributed by atoms with E-state index in [1.807, 2.05) is 52.5 Å². The minimum atomic E-state index is -0.108. The van der Waals surface area contributed by atoms with Crippen molar-refractivity contribution in [2.24, 2.45) is 5.92 Å². The van der Waals surface area contributed by atoms with E-state index in [-0.39, 0.29) is 18.3 Å². The fourth-order valence-electron chi connectivity index (χ4n) is 3.28. The van der Waals surface area contributed by atoms with Gasteiger partial charge in [-0.05, 0) is 61.5 Å². The third kappa shape index (κ3) is 4.58. The van der Waals surface area contributed by atoms with Gasteiger partial charge in [0.05, 0.1) is 16.3 Å². The van der Waals surface area contributed by atoms with E-state index in [2.05, 4.69) is 21.8 Å². The van der Waals surface area contributed by atoms with E-state index in [1.54, 1.807) is 11.3 Å². The van der Waals surface area contributed by atoms with E-state index in [0.29, 0.717) is 18.2 Å². The number of hydrogen-bond acceptors (Lipinski definition) is 4. The Morgan fingerprint density at radius 2 is 2.11 bits per heavy atom. The van der Waals surface area contributed by atoms with Crippen LogP contribution < -0.4 is 10.6 Å². The van der Waals surface area contributed by atoms with Crippen molar-refractivity contribution in [2.45, 2.75) is 12.8 Å². The van der Waals surface area contributed by atoms with E-state index in [4.69, 9.17) is 0 Å². The van der Waals surface area contributed by atoms with Crippen molar-refractivity contribution in [3.63, 3.8) is 0 Å². The lowest BCUT2D eigenvalue weighted by molar-refractivity contribution is 0.0939. The molecule has 1 unspecified atom stereocenters. The SMILES string of the molecule is Cl.O=C(NCC1CCCNC1)c1cc(-c2cccs2)n(-c2ccccc2)n1. The van der Waals surface area contributed by atoms with Crippen molar-refractivity contribution in [1.29, 1.82) is 0 Å². The molecule has 0 bridgehead atoms. The van der Waals surface area contributed by atoms with Crippen LogP contribution in [0.4, 0.5) is 0 Å². The molecule has 0 radical (unpaired) electrons. The van der Waals surface area contributed by atoms with Crippen LogP contribution in [0.25, 0.3) is 16.3 Å². The Morgan fingerprint density at radius 1 is 1.26 bits per heavy atom. The number of carbonyl (C=O) groups is 1. The molecule has 0 spiro atoms. The number of rotatable bonds is 5. The Morgan fingerprint density at radius 3 is 2.81 bits per heavy atom. The number of thiophene rings is 1. The third-order valence-electron chi connectivity index (χ3n) is 4.67. The lowest BCUT2D eigenvalue weighted by Crippen LogP contribution is -2.38. The van der Waals surface area contributed by atoms with E-state index in [9.17, 15) is 4.79 Å². The van der Waals surface area contributed by atoms with Crippen molar-refractivity contribution in [3.8, 4) is 16.3 Å². The molecule has 27 heavy (non-hydrogen) atoms. The highest BCUT2D eigenvalue weighted by molar-refractivity contribution is 7.13. The average Bonchev–Trinajstić information content (AvgIpc) is 3.37. The minimum Gasteiger partial charge on any atom is -0.350 e. The van der Waals surface area contributed by atoms with Gasteiger partial charge in [0.25, 0.3) is 5.91 Å². The van der Waals surface area contributed by atoms with Gasteiger partial charge in [-0.2, -0.15) is 5.10 Å².